The molecule has 0 atom stereocenters. The maximum Gasteiger partial charge on any atom is 0.278 e. The molecule has 1 aromatic carbocycles. The van der Waals surface area contributed by atoms with Crippen LogP contribution in [-0.4, -0.2) is 15.3 Å². The summed E-state index contributed by atoms with van der Waals surface area (Å²) in [5, 5.41) is 0.921. The van der Waals surface area contributed by atoms with Crippen molar-refractivity contribution in [1.29, 1.82) is 0 Å². The molecule has 3 nitrogen and oxygen atoms in total. The van der Waals surface area contributed by atoms with E-state index in [0.717, 1.165) is 48.7 Å². The van der Waals surface area contributed by atoms with E-state index >= 15 is 0 Å². The third-order valence-corrected chi connectivity index (χ3v) is 6.86. The van der Waals surface area contributed by atoms with Gasteiger partial charge in [0.05, 0.1) is 11.3 Å². The Bertz CT molecular complexity index is 849. The molecule has 0 N–H and O–H groups in total. The van der Waals surface area contributed by atoms with Crippen LogP contribution in [0.4, 0.5) is 0 Å². The van der Waals surface area contributed by atoms with Gasteiger partial charge in [-0.3, -0.25) is 4.79 Å². The van der Waals surface area contributed by atoms with Crippen LogP contribution >= 0.6 is 11.8 Å². The molecule has 1 aliphatic heterocycles. The molecule has 0 unspecified atom stereocenters. The zero-order valence-corrected chi connectivity index (χ0v) is 14.0. The lowest BCUT2D eigenvalue weighted by Gasteiger charge is -2.38. The summed E-state index contributed by atoms with van der Waals surface area (Å²) in [5.74, 6) is 1.07. The molecule has 1 aromatic heterocycles. The predicted molar refractivity (Wildman–Crippen MR) is 93.1 cm³/mol. The first-order valence-corrected chi connectivity index (χ1v) is 9.63. The summed E-state index contributed by atoms with van der Waals surface area (Å²) in [6.07, 6.45) is 6.91. The summed E-state index contributed by atoms with van der Waals surface area (Å²) in [6, 6.07) is 8.69. The van der Waals surface area contributed by atoms with Crippen LogP contribution in [0.1, 0.15) is 43.2 Å². The molecule has 3 aliphatic rings. The topological polar surface area (TPSA) is 34.9 Å². The Morgan fingerprint density at radius 1 is 1.13 bits per heavy atom. The molecule has 5 rings (SSSR count). The van der Waals surface area contributed by atoms with Crippen molar-refractivity contribution in [3.8, 4) is 11.3 Å². The number of fused-ring (bicyclic) bond motifs is 6. The lowest BCUT2D eigenvalue weighted by molar-refractivity contribution is 0.415. The first-order chi connectivity index (χ1) is 11.3. The van der Waals surface area contributed by atoms with Crippen LogP contribution in [0.25, 0.3) is 11.3 Å². The fourth-order valence-electron chi connectivity index (χ4n) is 4.83. The first kappa shape index (κ1) is 13.8. The number of aromatic nitrogens is 2. The van der Waals surface area contributed by atoms with E-state index in [4.69, 9.17) is 0 Å². The van der Waals surface area contributed by atoms with Gasteiger partial charge >= 0.3 is 0 Å². The summed E-state index contributed by atoms with van der Waals surface area (Å²) in [4.78, 5) is 17.5. The van der Waals surface area contributed by atoms with Gasteiger partial charge in [-0.15, -0.1) is 0 Å². The van der Waals surface area contributed by atoms with Crippen molar-refractivity contribution in [1.82, 2.24) is 9.55 Å². The number of benzene rings is 1. The number of thioether (sulfide) groups is 1. The lowest BCUT2D eigenvalue weighted by Crippen LogP contribution is -2.39. The Balaban J connectivity index is 1.89. The molecule has 23 heavy (non-hydrogen) atoms. The van der Waals surface area contributed by atoms with Crippen LogP contribution in [0, 0.1) is 0 Å². The smallest absolute Gasteiger partial charge is 0.278 e. The molecule has 0 radical (unpaired) electrons. The Morgan fingerprint density at radius 3 is 2.83 bits per heavy atom. The van der Waals surface area contributed by atoms with Crippen LogP contribution in [0.5, 0.6) is 0 Å². The molecule has 1 saturated carbocycles. The fourth-order valence-corrected chi connectivity index (χ4v) is 5.78. The highest BCUT2D eigenvalue weighted by Gasteiger charge is 2.44. The molecule has 118 valence electrons. The second-order valence-electron chi connectivity index (χ2n) is 7.10. The molecular formula is C19H20N2OS. The highest BCUT2D eigenvalue weighted by atomic mass is 32.2. The molecule has 2 aliphatic carbocycles. The quantitative estimate of drug-likeness (QED) is 0.692. The molecule has 4 heteroatoms. The lowest BCUT2D eigenvalue weighted by atomic mass is 9.68. The Labute approximate surface area is 140 Å². The zero-order chi connectivity index (χ0) is 15.4. The number of hydrogen-bond donors (Lipinski definition) is 0. The first-order valence-electron chi connectivity index (χ1n) is 8.65. The highest BCUT2D eigenvalue weighted by molar-refractivity contribution is 7.99. The van der Waals surface area contributed by atoms with Gasteiger partial charge in [0.15, 0.2) is 5.16 Å². The van der Waals surface area contributed by atoms with E-state index in [0.29, 0.717) is 0 Å². The van der Waals surface area contributed by atoms with Gasteiger partial charge in [0.1, 0.15) is 0 Å². The predicted octanol–water partition coefficient (Wildman–Crippen LogP) is 3.77. The molecule has 1 fully saturated rings. The second kappa shape index (κ2) is 4.97. The molecule has 1 spiro atoms. The van der Waals surface area contributed by atoms with Gasteiger partial charge in [-0.05, 0) is 31.2 Å². The van der Waals surface area contributed by atoms with Gasteiger partial charge in [0.25, 0.3) is 5.56 Å². The zero-order valence-electron chi connectivity index (χ0n) is 13.2. The summed E-state index contributed by atoms with van der Waals surface area (Å²) in [7, 11) is 0. The monoisotopic (exact) mass is 324 g/mol. The minimum Gasteiger partial charge on any atom is -0.320 e. The maximum atomic E-state index is 13.0. The van der Waals surface area contributed by atoms with E-state index < -0.39 is 0 Å². The number of rotatable bonds is 0. The van der Waals surface area contributed by atoms with E-state index in [1.807, 2.05) is 0 Å². The standard InChI is InChI=1S/C19H20N2OS/c22-17-15-16(21-10-5-11-23-18(21)20-17)14-7-2-1-6-13(14)12-19(15)8-3-4-9-19/h1-2,6-7H,3-5,8-12H2. The second-order valence-corrected chi connectivity index (χ2v) is 8.16. The van der Waals surface area contributed by atoms with Gasteiger partial charge < -0.3 is 4.57 Å². The van der Waals surface area contributed by atoms with Crippen molar-refractivity contribution in [3.05, 3.63) is 45.7 Å². The van der Waals surface area contributed by atoms with E-state index in [9.17, 15) is 4.79 Å². The molecule has 2 heterocycles. The van der Waals surface area contributed by atoms with Gasteiger partial charge in [-0.2, -0.15) is 4.98 Å². The van der Waals surface area contributed by atoms with E-state index in [1.54, 1.807) is 11.8 Å². The number of hydrogen-bond acceptors (Lipinski definition) is 3. The average molecular weight is 324 g/mol. The summed E-state index contributed by atoms with van der Waals surface area (Å²) in [5.41, 5.74) is 4.98. The molecule has 0 bridgehead atoms. The fraction of sp³-hybridized carbons (Fsp3) is 0.474. The van der Waals surface area contributed by atoms with Crippen molar-refractivity contribution in [2.45, 2.75) is 55.6 Å². The van der Waals surface area contributed by atoms with Crippen molar-refractivity contribution in [2.75, 3.05) is 5.75 Å². The molecular weight excluding hydrogens is 304 g/mol. The molecule has 0 amide bonds. The number of nitrogens with zero attached hydrogens (tertiary/aromatic N) is 2. The van der Waals surface area contributed by atoms with Crippen molar-refractivity contribution >= 4 is 11.8 Å². The summed E-state index contributed by atoms with van der Waals surface area (Å²) >= 11 is 1.73. The minimum atomic E-state index is 0.0389. The van der Waals surface area contributed by atoms with E-state index in [2.05, 4.69) is 33.8 Å². The van der Waals surface area contributed by atoms with Crippen LogP contribution in [0.3, 0.4) is 0 Å². The average Bonchev–Trinajstić information content (AvgIpc) is 3.03. The van der Waals surface area contributed by atoms with Gasteiger partial charge in [-0.25, -0.2) is 0 Å². The molecule has 2 aromatic rings. The molecule has 0 saturated heterocycles. The third kappa shape index (κ3) is 1.90. The van der Waals surface area contributed by atoms with Crippen LogP contribution in [0.15, 0.2) is 34.2 Å². The normalized spacial score (nSPS) is 20.9. The van der Waals surface area contributed by atoms with Gasteiger partial charge in [0, 0.05) is 23.3 Å². The highest BCUT2D eigenvalue weighted by Crippen LogP contribution is 2.50. The van der Waals surface area contributed by atoms with Crippen molar-refractivity contribution in [3.63, 3.8) is 0 Å². The van der Waals surface area contributed by atoms with Crippen LogP contribution < -0.4 is 5.56 Å². The summed E-state index contributed by atoms with van der Waals surface area (Å²) in [6.45, 7) is 0.988. The largest absolute Gasteiger partial charge is 0.320 e. The van der Waals surface area contributed by atoms with Gasteiger partial charge in [0.2, 0.25) is 0 Å². The van der Waals surface area contributed by atoms with Gasteiger partial charge in [-0.1, -0.05) is 48.9 Å². The van der Waals surface area contributed by atoms with Crippen molar-refractivity contribution in [2.24, 2.45) is 0 Å². The Kier molecular flexibility index (Phi) is 2.99. The van der Waals surface area contributed by atoms with Crippen LogP contribution in [-0.2, 0) is 18.4 Å². The Hall–Kier alpha value is -1.55. The van der Waals surface area contributed by atoms with E-state index in [1.165, 1.54) is 29.7 Å². The van der Waals surface area contributed by atoms with Crippen molar-refractivity contribution < 1.29 is 0 Å². The van der Waals surface area contributed by atoms with Crippen LogP contribution in [0.2, 0.25) is 0 Å². The third-order valence-electron chi connectivity index (χ3n) is 5.80. The van der Waals surface area contributed by atoms with E-state index in [-0.39, 0.29) is 11.0 Å². The maximum absolute atomic E-state index is 13.0. The SMILES string of the molecule is O=c1nc2n(c3c1C1(CCCC1)Cc1ccccc1-3)CCCS2. The summed E-state index contributed by atoms with van der Waals surface area (Å²) < 4.78 is 2.34. The Morgan fingerprint density at radius 2 is 1.96 bits per heavy atom. The minimum absolute atomic E-state index is 0.0389.